The summed E-state index contributed by atoms with van der Waals surface area (Å²) in [6, 6.07) is 4.39. The summed E-state index contributed by atoms with van der Waals surface area (Å²) in [5.41, 5.74) is 0.0652. The Morgan fingerprint density at radius 1 is 0.900 bits per heavy atom. The van der Waals surface area contributed by atoms with Crippen LogP contribution in [0.5, 0.6) is 11.5 Å². The number of rotatable bonds is 10. The summed E-state index contributed by atoms with van der Waals surface area (Å²) in [6.45, 7) is 2.21. The number of ketones is 1. The highest BCUT2D eigenvalue weighted by Gasteiger charge is 2.15. The van der Waals surface area contributed by atoms with E-state index in [1.165, 1.54) is 50.3 Å². The van der Waals surface area contributed by atoms with Gasteiger partial charge in [-0.1, -0.05) is 57.9 Å². The smallest absolute Gasteiger partial charge is 0.170 e. The van der Waals surface area contributed by atoms with Gasteiger partial charge in [0.2, 0.25) is 0 Å². The van der Waals surface area contributed by atoms with Crippen LogP contribution in [0.2, 0.25) is 0 Å². The standard InChI is InChI=1S/C17H26O3/c1-2-3-4-5-6-7-8-9-11-14(18)17-15(19)12-10-13-16(17)20/h10,12-13,19-20H,2-9,11H2,1H3. The lowest BCUT2D eigenvalue weighted by Gasteiger charge is -2.06. The molecule has 1 rings (SSSR count). The van der Waals surface area contributed by atoms with Gasteiger partial charge in [-0.25, -0.2) is 0 Å². The fourth-order valence-corrected chi connectivity index (χ4v) is 2.36. The van der Waals surface area contributed by atoms with E-state index < -0.39 is 0 Å². The van der Waals surface area contributed by atoms with Crippen molar-refractivity contribution in [2.75, 3.05) is 0 Å². The summed E-state index contributed by atoms with van der Waals surface area (Å²) in [5, 5.41) is 19.2. The Bertz CT molecular complexity index is 392. The van der Waals surface area contributed by atoms with Crippen LogP contribution in [0, 0.1) is 0 Å². The van der Waals surface area contributed by atoms with Crippen molar-refractivity contribution in [2.24, 2.45) is 0 Å². The number of benzene rings is 1. The second-order valence-corrected chi connectivity index (χ2v) is 5.32. The van der Waals surface area contributed by atoms with E-state index in [-0.39, 0.29) is 22.8 Å². The molecule has 0 heterocycles. The van der Waals surface area contributed by atoms with Crippen molar-refractivity contribution in [3.05, 3.63) is 23.8 Å². The zero-order valence-corrected chi connectivity index (χ0v) is 12.4. The monoisotopic (exact) mass is 278 g/mol. The van der Waals surface area contributed by atoms with Crippen LogP contribution in [0.1, 0.15) is 75.1 Å². The summed E-state index contributed by atoms with van der Waals surface area (Å²) in [5.74, 6) is -0.435. The predicted molar refractivity (Wildman–Crippen MR) is 81.3 cm³/mol. The van der Waals surface area contributed by atoms with Gasteiger partial charge in [0.15, 0.2) is 5.78 Å². The van der Waals surface area contributed by atoms with Crippen molar-refractivity contribution in [1.82, 2.24) is 0 Å². The molecule has 3 heteroatoms. The van der Waals surface area contributed by atoms with Crippen molar-refractivity contribution < 1.29 is 15.0 Å². The average molecular weight is 278 g/mol. The number of Topliss-reactive ketones (excluding diaryl/α,β-unsaturated/α-hetero) is 1. The number of hydrogen-bond donors (Lipinski definition) is 2. The first kappa shape index (κ1) is 16.5. The van der Waals surface area contributed by atoms with Crippen LogP contribution in [0.4, 0.5) is 0 Å². The van der Waals surface area contributed by atoms with E-state index in [4.69, 9.17) is 0 Å². The summed E-state index contributed by atoms with van der Waals surface area (Å²) in [6.07, 6.45) is 9.79. The van der Waals surface area contributed by atoms with Crippen molar-refractivity contribution in [2.45, 2.75) is 64.7 Å². The van der Waals surface area contributed by atoms with E-state index >= 15 is 0 Å². The van der Waals surface area contributed by atoms with E-state index in [1.807, 2.05) is 0 Å². The zero-order valence-electron chi connectivity index (χ0n) is 12.4. The van der Waals surface area contributed by atoms with Crippen molar-refractivity contribution in [1.29, 1.82) is 0 Å². The largest absolute Gasteiger partial charge is 0.507 e. The molecule has 0 atom stereocenters. The third-order valence-corrected chi connectivity index (χ3v) is 3.56. The van der Waals surface area contributed by atoms with E-state index in [1.54, 1.807) is 0 Å². The van der Waals surface area contributed by atoms with Gasteiger partial charge in [0.05, 0.1) is 0 Å². The maximum absolute atomic E-state index is 11.9. The van der Waals surface area contributed by atoms with Crippen molar-refractivity contribution >= 4 is 5.78 Å². The highest BCUT2D eigenvalue weighted by Crippen LogP contribution is 2.28. The molecular formula is C17H26O3. The van der Waals surface area contributed by atoms with E-state index in [9.17, 15) is 15.0 Å². The van der Waals surface area contributed by atoms with Crippen LogP contribution in [0.25, 0.3) is 0 Å². The van der Waals surface area contributed by atoms with Gasteiger partial charge in [-0.2, -0.15) is 0 Å². The third kappa shape index (κ3) is 5.64. The van der Waals surface area contributed by atoms with Gasteiger partial charge in [-0.3, -0.25) is 4.79 Å². The van der Waals surface area contributed by atoms with Gasteiger partial charge in [-0.15, -0.1) is 0 Å². The minimum absolute atomic E-state index is 0.0652. The maximum Gasteiger partial charge on any atom is 0.170 e. The van der Waals surface area contributed by atoms with Crippen LogP contribution in [0.15, 0.2) is 18.2 Å². The Morgan fingerprint density at radius 2 is 1.40 bits per heavy atom. The summed E-state index contributed by atoms with van der Waals surface area (Å²) in [7, 11) is 0. The van der Waals surface area contributed by atoms with Gasteiger partial charge in [0, 0.05) is 6.42 Å². The minimum atomic E-state index is -0.174. The maximum atomic E-state index is 11.9. The van der Waals surface area contributed by atoms with Crippen molar-refractivity contribution in [3.8, 4) is 11.5 Å². The van der Waals surface area contributed by atoms with Crippen LogP contribution < -0.4 is 0 Å². The number of hydrogen-bond acceptors (Lipinski definition) is 3. The Balaban J connectivity index is 2.21. The number of aromatic hydroxyl groups is 2. The minimum Gasteiger partial charge on any atom is -0.507 e. The van der Waals surface area contributed by atoms with Gasteiger partial charge >= 0.3 is 0 Å². The molecule has 0 radical (unpaired) electrons. The molecule has 0 amide bonds. The third-order valence-electron chi connectivity index (χ3n) is 3.56. The van der Waals surface area contributed by atoms with Crippen LogP contribution >= 0.6 is 0 Å². The summed E-state index contributed by atoms with van der Waals surface area (Å²) >= 11 is 0. The van der Waals surface area contributed by atoms with Crippen LogP contribution in [-0.4, -0.2) is 16.0 Å². The van der Waals surface area contributed by atoms with Crippen molar-refractivity contribution in [3.63, 3.8) is 0 Å². The molecule has 0 bridgehead atoms. The van der Waals surface area contributed by atoms with Crippen LogP contribution in [0.3, 0.4) is 0 Å². The first-order valence-electron chi connectivity index (χ1n) is 7.71. The van der Waals surface area contributed by atoms with E-state index in [0.717, 1.165) is 19.3 Å². The van der Waals surface area contributed by atoms with Gasteiger partial charge < -0.3 is 10.2 Å². The first-order valence-corrected chi connectivity index (χ1v) is 7.71. The molecule has 0 fully saturated rings. The molecule has 3 nitrogen and oxygen atoms in total. The molecule has 0 spiro atoms. The SMILES string of the molecule is CCCCCCCCCCC(=O)c1c(O)cccc1O. The highest BCUT2D eigenvalue weighted by molar-refractivity contribution is 6.01. The molecule has 1 aromatic carbocycles. The Hall–Kier alpha value is -1.51. The average Bonchev–Trinajstić information content (AvgIpc) is 2.41. The van der Waals surface area contributed by atoms with Gasteiger partial charge in [0.25, 0.3) is 0 Å². The van der Waals surface area contributed by atoms with Gasteiger partial charge in [0.1, 0.15) is 17.1 Å². The number of phenolic OH excluding ortho intramolecular Hbond substituents is 2. The predicted octanol–water partition coefficient (Wildman–Crippen LogP) is 4.81. The second kappa shape index (κ2) is 9.40. The Kier molecular flexibility index (Phi) is 7.78. The molecular weight excluding hydrogens is 252 g/mol. The lowest BCUT2D eigenvalue weighted by atomic mass is 10.0. The molecule has 20 heavy (non-hydrogen) atoms. The lowest BCUT2D eigenvalue weighted by Crippen LogP contribution is -2.00. The quantitative estimate of drug-likeness (QED) is 0.477. The fraction of sp³-hybridized carbons (Fsp3) is 0.588. The normalized spacial score (nSPS) is 10.7. The number of unbranched alkanes of at least 4 members (excludes halogenated alkanes) is 7. The topological polar surface area (TPSA) is 57.5 Å². The van der Waals surface area contributed by atoms with E-state index in [0.29, 0.717) is 6.42 Å². The highest BCUT2D eigenvalue weighted by atomic mass is 16.3. The van der Waals surface area contributed by atoms with Gasteiger partial charge in [-0.05, 0) is 18.6 Å². The van der Waals surface area contributed by atoms with Crippen LogP contribution in [-0.2, 0) is 0 Å². The summed E-state index contributed by atoms with van der Waals surface area (Å²) < 4.78 is 0. The fourth-order valence-electron chi connectivity index (χ4n) is 2.36. The molecule has 0 unspecified atom stereocenters. The second-order valence-electron chi connectivity index (χ2n) is 5.32. The molecule has 0 saturated heterocycles. The Morgan fingerprint density at radius 3 is 1.95 bits per heavy atom. The Labute approximate surface area is 121 Å². The molecule has 0 aliphatic rings. The van der Waals surface area contributed by atoms with E-state index in [2.05, 4.69) is 6.92 Å². The zero-order chi connectivity index (χ0) is 14.8. The lowest BCUT2D eigenvalue weighted by molar-refractivity contribution is 0.0973. The molecule has 0 aliphatic carbocycles. The number of carbonyl (C=O) groups excluding carboxylic acids is 1. The first-order chi connectivity index (χ1) is 9.66. The molecule has 0 aliphatic heterocycles. The number of carbonyl (C=O) groups is 1. The summed E-state index contributed by atoms with van der Waals surface area (Å²) in [4.78, 5) is 11.9. The molecule has 0 saturated carbocycles. The molecule has 2 N–H and O–H groups in total. The molecule has 112 valence electrons. The number of phenols is 2. The molecule has 1 aromatic rings. The molecule has 0 aromatic heterocycles.